The number of halogens is 3. The van der Waals surface area contributed by atoms with E-state index in [1.54, 1.807) is 6.92 Å². The molecule has 0 amide bonds. The summed E-state index contributed by atoms with van der Waals surface area (Å²) < 4.78 is 90.6. The van der Waals surface area contributed by atoms with E-state index in [9.17, 15) is 30.0 Å². The zero-order valence-corrected chi connectivity index (χ0v) is 16.0. The van der Waals surface area contributed by atoms with Gasteiger partial charge in [0, 0.05) is 6.04 Å². The predicted octanol–water partition coefficient (Wildman–Crippen LogP) is 2.37. The van der Waals surface area contributed by atoms with E-state index in [0.29, 0.717) is 5.56 Å². The third-order valence-corrected chi connectivity index (χ3v) is 7.00. The van der Waals surface area contributed by atoms with Crippen molar-refractivity contribution in [3.8, 4) is 5.75 Å². The molecule has 0 fully saturated rings. The molecule has 0 aromatic heterocycles. The molecule has 2 aromatic carbocycles. The van der Waals surface area contributed by atoms with Crippen LogP contribution < -0.4 is 14.2 Å². The normalized spacial score (nSPS) is 17.5. The van der Waals surface area contributed by atoms with Gasteiger partial charge in [0.25, 0.3) is 10.0 Å². The lowest BCUT2D eigenvalue weighted by Gasteiger charge is -2.24. The second kappa shape index (κ2) is 6.64. The number of nitrogens with two attached hydrogens (primary N) is 1. The van der Waals surface area contributed by atoms with Gasteiger partial charge in [-0.1, -0.05) is 0 Å². The maximum atomic E-state index is 13.0. The van der Waals surface area contributed by atoms with Crippen molar-refractivity contribution in [3.05, 3.63) is 48.0 Å². The summed E-state index contributed by atoms with van der Waals surface area (Å²) in [7, 11) is -8.03. The minimum Gasteiger partial charge on any atom is -0.406 e. The number of rotatable bonds is 4. The van der Waals surface area contributed by atoms with E-state index in [-0.39, 0.29) is 21.9 Å². The Balaban J connectivity index is 1.97. The lowest BCUT2D eigenvalue weighted by Crippen LogP contribution is -2.35. The molecule has 0 saturated carbocycles. The SMILES string of the molecule is C[C@@H]1Cc2cc(S(N)(=O)=O)ccc2N1S(=O)(=O)c1ccc(OC(F)(F)F)cc1. The number of alkyl halides is 3. The average Bonchev–Trinajstić information content (AvgIpc) is 2.88. The molecule has 1 heterocycles. The first-order valence-corrected chi connectivity index (χ1v) is 10.8. The van der Waals surface area contributed by atoms with Gasteiger partial charge in [-0.25, -0.2) is 22.0 Å². The molecule has 12 heteroatoms. The van der Waals surface area contributed by atoms with Crippen LogP contribution in [0.5, 0.6) is 5.75 Å². The van der Waals surface area contributed by atoms with Gasteiger partial charge in [-0.2, -0.15) is 0 Å². The molecule has 2 N–H and O–H groups in total. The van der Waals surface area contributed by atoms with Crippen LogP contribution in [0.4, 0.5) is 18.9 Å². The Labute approximate surface area is 159 Å². The van der Waals surface area contributed by atoms with E-state index in [1.165, 1.54) is 18.2 Å². The van der Waals surface area contributed by atoms with Gasteiger partial charge in [-0.05, 0) is 61.4 Å². The van der Waals surface area contributed by atoms with Crippen molar-refractivity contribution in [2.45, 2.75) is 35.5 Å². The van der Waals surface area contributed by atoms with Gasteiger partial charge in [-0.15, -0.1) is 13.2 Å². The molecule has 0 unspecified atom stereocenters. The minimum atomic E-state index is -4.89. The zero-order valence-electron chi connectivity index (χ0n) is 14.3. The number of primary sulfonamides is 1. The highest BCUT2D eigenvalue weighted by molar-refractivity contribution is 7.93. The Morgan fingerprint density at radius 1 is 1.04 bits per heavy atom. The number of fused-ring (bicyclic) bond motifs is 1. The number of anilines is 1. The Bertz CT molecular complexity index is 1110. The summed E-state index contributed by atoms with van der Waals surface area (Å²) in [6.45, 7) is 1.63. The van der Waals surface area contributed by atoms with Crippen LogP contribution in [-0.4, -0.2) is 29.2 Å². The van der Waals surface area contributed by atoms with E-state index in [2.05, 4.69) is 4.74 Å². The summed E-state index contributed by atoms with van der Waals surface area (Å²) in [6.07, 6.45) is -4.63. The van der Waals surface area contributed by atoms with Gasteiger partial charge in [0.05, 0.1) is 15.5 Å². The first-order valence-electron chi connectivity index (χ1n) is 7.85. The standard InChI is InChI=1S/C16H15F3N2O5S2/c1-10-8-11-9-14(27(20,22)23)6-7-15(11)21(10)28(24,25)13-4-2-12(3-5-13)26-16(17,18)19/h2-7,9-10H,8H2,1H3,(H2,20,22,23)/t10-/m1/s1. The van der Waals surface area contributed by atoms with E-state index in [0.717, 1.165) is 28.6 Å². The van der Waals surface area contributed by atoms with Crippen LogP contribution in [0.3, 0.4) is 0 Å². The molecule has 7 nitrogen and oxygen atoms in total. The van der Waals surface area contributed by atoms with Crippen molar-refractivity contribution >= 4 is 25.7 Å². The third kappa shape index (κ3) is 3.93. The molecule has 1 atom stereocenters. The molecule has 2 aromatic rings. The second-order valence-corrected chi connectivity index (χ2v) is 9.59. The van der Waals surface area contributed by atoms with E-state index in [4.69, 9.17) is 5.14 Å². The topological polar surface area (TPSA) is 107 Å². The molecule has 152 valence electrons. The third-order valence-electron chi connectivity index (χ3n) is 4.15. The highest BCUT2D eigenvalue weighted by atomic mass is 32.2. The lowest BCUT2D eigenvalue weighted by molar-refractivity contribution is -0.274. The van der Waals surface area contributed by atoms with Gasteiger partial charge in [0.1, 0.15) is 5.75 Å². The highest BCUT2D eigenvalue weighted by Gasteiger charge is 2.37. The van der Waals surface area contributed by atoms with E-state index in [1.807, 2.05) is 0 Å². The smallest absolute Gasteiger partial charge is 0.406 e. The monoisotopic (exact) mass is 436 g/mol. The molecule has 0 spiro atoms. The first-order chi connectivity index (χ1) is 12.8. The van der Waals surface area contributed by atoms with Gasteiger partial charge in [-0.3, -0.25) is 4.31 Å². The summed E-state index contributed by atoms with van der Waals surface area (Å²) in [4.78, 5) is -0.358. The maximum absolute atomic E-state index is 13.0. The van der Waals surface area contributed by atoms with Crippen LogP contribution in [0.25, 0.3) is 0 Å². The van der Waals surface area contributed by atoms with Crippen molar-refractivity contribution in [2.24, 2.45) is 5.14 Å². The molecule has 0 saturated heterocycles. The summed E-state index contributed by atoms with van der Waals surface area (Å²) >= 11 is 0. The summed E-state index contributed by atoms with van der Waals surface area (Å²) in [5.41, 5.74) is 0.773. The van der Waals surface area contributed by atoms with Gasteiger partial charge in [0.15, 0.2) is 0 Å². The van der Waals surface area contributed by atoms with Crippen LogP contribution in [0.2, 0.25) is 0 Å². The average molecular weight is 436 g/mol. The number of hydrogen-bond acceptors (Lipinski definition) is 5. The molecule has 0 radical (unpaired) electrons. The van der Waals surface area contributed by atoms with Crippen LogP contribution >= 0.6 is 0 Å². The Kier molecular flexibility index (Phi) is 4.84. The van der Waals surface area contributed by atoms with Crippen molar-refractivity contribution in [2.75, 3.05) is 4.31 Å². The molecular weight excluding hydrogens is 421 g/mol. The van der Waals surface area contributed by atoms with Crippen LogP contribution in [0, 0.1) is 0 Å². The number of nitrogens with zero attached hydrogens (tertiary/aromatic N) is 1. The number of ether oxygens (including phenoxy) is 1. The number of hydrogen-bond donors (Lipinski definition) is 1. The highest BCUT2D eigenvalue weighted by Crippen LogP contribution is 2.38. The molecule has 1 aliphatic rings. The Morgan fingerprint density at radius 3 is 2.14 bits per heavy atom. The van der Waals surface area contributed by atoms with Crippen LogP contribution in [0.15, 0.2) is 52.3 Å². The Hall–Kier alpha value is -2.31. The van der Waals surface area contributed by atoms with Crippen molar-refractivity contribution in [1.29, 1.82) is 0 Å². The van der Waals surface area contributed by atoms with Gasteiger partial charge in [0.2, 0.25) is 10.0 Å². The fourth-order valence-corrected chi connectivity index (χ4v) is 5.31. The summed E-state index contributed by atoms with van der Waals surface area (Å²) in [5.74, 6) is -0.542. The molecule has 28 heavy (non-hydrogen) atoms. The zero-order chi connectivity index (χ0) is 20.9. The largest absolute Gasteiger partial charge is 0.573 e. The maximum Gasteiger partial charge on any atom is 0.573 e. The van der Waals surface area contributed by atoms with Gasteiger partial charge >= 0.3 is 6.36 Å². The van der Waals surface area contributed by atoms with Crippen molar-refractivity contribution in [3.63, 3.8) is 0 Å². The summed E-state index contributed by atoms with van der Waals surface area (Å²) in [6, 6.07) is 7.18. The fraction of sp³-hybridized carbons (Fsp3) is 0.250. The predicted molar refractivity (Wildman–Crippen MR) is 93.8 cm³/mol. The Morgan fingerprint density at radius 2 is 1.61 bits per heavy atom. The van der Waals surface area contributed by atoms with Crippen molar-refractivity contribution < 1.29 is 34.7 Å². The number of benzene rings is 2. The van der Waals surface area contributed by atoms with Crippen molar-refractivity contribution in [1.82, 2.24) is 0 Å². The quantitative estimate of drug-likeness (QED) is 0.792. The summed E-state index contributed by atoms with van der Waals surface area (Å²) in [5, 5.41) is 5.10. The first kappa shape index (κ1) is 20.4. The minimum absolute atomic E-state index is 0.133. The van der Waals surface area contributed by atoms with Crippen LogP contribution in [-0.2, 0) is 26.5 Å². The molecule has 1 aliphatic heterocycles. The molecular formula is C16H15F3N2O5S2. The molecule has 0 aliphatic carbocycles. The van der Waals surface area contributed by atoms with E-state index < -0.39 is 38.2 Å². The van der Waals surface area contributed by atoms with E-state index >= 15 is 0 Å². The van der Waals surface area contributed by atoms with Crippen LogP contribution in [0.1, 0.15) is 12.5 Å². The second-order valence-electron chi connectivity index (χ2n) is 6.21. The fourth-order valence-electron chi connectivity index (χ4n) is 3.05. The van der Waals surface area contributed by atoms with Gasteiger partial charge < -0.3 is 4.74 Å². The molecule has 0 bridgehead atoms. The molecule has 3 rings (SSSR count). The number of sulfonamides is 2. The lowest BCUT2D eigenvalue weighted by atomic mass is 10.1.